The van der Waals surface area contributed by atoms with E-state index in [4.69, 9.17) is 11.6 Å². The fourth-order valence-electron chi connectivity index (χ4n) is 0.891. The molecule has 0 amide bonds. The summed E-state index contributed by atoms with van der Waals surface area (Å²) in [7, 11) is 3.87. The SMILES string of the molecule is CC.Cc1cc(N=CN(C)C)ccc1Cl. The van der Waals surface area contributed by atoms with E-state index in [1.165, 1.54) is 0 Å². The van der Waals surface area contributed by atoms with Crippen molar-refractivity contribution in [1.82, 2.24) is 4.90 Å². The zero-order chi connectivity index (χ0) is 11.8. The van der Waals surface area contributed by atoms with Gasteiger partial charge in [-0.1, -0.05) is 25.4 Å². The minimum absolute atomic E-state index is 0.781. The lowest BCUT2D eigenvalue weighted by Gasteiger charge is -2.03. The van der Waals surface area contributed by atoms with Crippen LogP contribution in [0.3, 0.4) is 0 Å². The van der Waals surface area contributed by atoms with Gasteiger partial charge in [0, 0.05) is 19.1 Å². The number of rotatable bonds is 2. The minimum atomic E-state index is 0.781. The van der Waals surface area contributed by atoms with Crippen LogP contribution in [0.4, 0.5) is 5.69 Å². The van der Waals surface area contributed by atoms with Crippen LogP contribution in [-0.2, 0) is 0 Å². The third-order valence-corrected chi connectivity index (χ3v) is 2.00. The van der Waals surface area contributed by atoms with Crippen molar-refractivity contribution < 1.29 is 0 Å². The molecule has 0 fully saturated rings. The summed E-state index contributed by atoms with van der Waals surface area (Å²) in [6, 6.07) is 5.72. The first-order valence-electron chi connectivity index (χ1n) is 5.06. The molecule has 3 heteroatoms. The predicted octanol–water partition coefficient (Wildman–Crippen LogP) is 3.90. The standard InChI is InChI=1S/C10H13ClN2.C2H6/c1-8-6-9(4-5-10(8)11)12-7-13(2)3;1-2/h4-7H,1-3H3;1-2H3. The first-order valence-corrected chi connectivity index (χ1v) is 5.44. The zero-order valence-corrected chi connectivity index (χ0v) is 10.8. The highest BCUT2D eigenvalue weighted by Gasteiger charge is 1.94. The van der Waals surface area contributed by atoms with E-state index in [2.05, 4.69) is 4.99 Å². The summed E-state index contributed by atoms with van der Waals surface area (Å²) in [6.45, 7) is 5.97. The van der Waals surface area contributed by atoms with Crippen LogP contribution in [0, 0.1) is 6.92 Å². The van der Waals surface area contributed by atoms with Crippen molar-refractivity contribution in [3.8, 4) is 0 Å². The summed E-state index contributed by atoms with van der Waals surface area (Å²) in [6.07, 6.45) is 1.77. The quantitative estimate of drug-likeness (QED) is 0.552. The average Bonchev–Trinajstić information content (AvgIpc) is 2.23. The number of aryl methyl sites for hydroxylation is 1. The molecular formula is C12H19ClN2. The molecule has 0 saturated carbocycles. The molecule has 0 aliphatic rings. The Hall–Kier alpha value is -1.02. The van der Waals surface area contributed by atoms with Gasteiger partial charge in [0.25, 0.3) is 0 Å². The van der Waals surface area contributed by atoms with Gasteiger partial charge in [-0.25, -0.2) is 4.99 Å². The first-order chi connectivity index (χ1) is 7.09. The van der Waals surface area contributed by atoms with Crippen molar-refractivity contribution in [2.24, 2.45) is 4.99 Å². The molecule has 0 N–H and O–H groups in total. The van der Waals surface area contributed by atoms with Crippen LogP contribution in [-0.4, -0.2) is 25.3 Å². The van der Waals surface area contributed by atoms with Gasteiger partial charge < -0.3 is 4.90 Å². The summed E-state index contributed by atoms with van der Waals surface area (Å²) < 4.78 is 0. The lowest BCUT2D eigenvalue weighted by molar-refractivity contribution is 0.643. The predicted molar refractivity (Wildman–Crippen MR) is 69.4 cm³/mol. The second-order valence-corrected chi connectivity index (χ2v) is 3.55. The molecule has 0 heterocycles. The lowest BCUT2D eigenvalue weighted by atomic mass is 10.2. The number of aliphatic imine (C=N–C) groups is 1. The maximum absolute atomic E-state index is 5.88. The summed E-state index contributed by atoms with van der Waals surface area (Å²) >= 11 is 5.88. The summed E-state index contributed by atoms with van der Waals surface area (Å²) in [5.41, 5.74) is 1.98. The number of benzene rings is 1. The maximum atomic E-state index is 5.88. The average molecular weight is 227 g/mol. The minimum Gasteiger partial charge on any atom is -0.369 e. The van der Waals surface area contributed by atoms with E-state index in [0.29, 0.717) is 0 Å². The number of hydrogen-bond donors (Lipinski definition) is 0. The molecule has 0 aliphatic carbocycles. The highest BCUT2D eigenvalue weighted by atomic mass is 35.5. The van der Waals surface area contributed by atoms with Crippen LogP contribution in [0.15, 0.2) is 23.2 Å². The normalized spacial score (nSPS) is 9.73. The molecule has 0 unspecified atom stereocenters. The number of nitrogens with zero attached hydrogens (tertiary/aromatic N) is 2. The zero-order valence-electron chi connectivity index (χ0n) is 10.1. The Balaban J connectivity index is 0.000000921. The molecule has 0 aliphatic heterocycles. The fraction of sp³-hybridized carbons (Fsp3) is 0.417. The van der Waals surface area contributed by atoms with Crippen molar-refractivity contribution in [3.05, 3.63) is 28.8 Å². The molecule has 0 saturated heterocycles. The monoisotopic (exact) mass is 226 g/mol. The second-order valence-electron chi connectivity index (χ2n) is 3.14. The Kier molecular flexibility index (Phi) is 6.80. The Labute approximate surface area is 97.6 Å². The van der Waals surface area contributed by atoms with E-state index in [0.717, 1.165) is 16.3 Å². The number of hydrogen-bond acceptors (Lipinski definition) is 1. The number of halogens is 1. The van der Waals surface area contributed by atoms with Crippen molar-refractivity contribution in [1.29, 1.82) is 0 Å². The van der Waals surface area contributed by atoms with Gasteiger partial charge >= 0.3 is 0 Å². The van der Waals surface area contributed by atoms with E-state index in [-0.39, 0.29) is 0 Å². The molecule has 0 radical (unpaired) electrons. The van der Waals surface area contributed by atoms with Gasteiger partial charge in [0.1, 0.15) is 0 Å². The van der Waals surface area contributed by atoms with Crippen molar-refractivity contribution in [2.75, 3.05) is 14.1 Å². The largest absolute Gasteiger partial charge is 0.369 e. The van der Waals surface area contributed by atoms with E-state index < -0.39 is 0 Å². The first kappa shape index (κ1) is 14.0. The molecule has 1 aromatic rings. The van der Waals surface area contributed by atoms with E-state index in [1.54, 1.807) is 6.34 Å². The van der Waals surface area contributed by atoms with Crippen LogP contribution in [0.25, 0.3) is 0 Å². The molecule has 84 valence electrons. The van der Waals surface area contributed by atoms with Gasteiger partial charge in [-0.05, 0) is 30.7 Å². The Morgan fingerprint density at radius 2 is 1.87 bits per heavy atom. The van der Waals surface area contributed by atoms with Crippen LogP contribution in [0.1, 0.15) is 19.4 Å². The molecule has 0 atom stereocenters. The topological polar surface area (TPSA) is 15.6 Å². The highest BCUT2D eigenvalue weighted by molar-refractivity contribution is 6.31. The highest BCUT2D eigenvalue weighted by Crippen LogP contribution is 2.20. The Morgan fingerprint density at radius 1 is 1.27 bits per heavy atom. The Morgan fingerprint density at radius 3 is 2.33 bits per heavy atom. The van der Waals surface area contributed by atoms with Crippen LogP contribution in [0.5, 0.6) is 0 Å². The molecule has 0 bridgehead atoms. The van der Waals surface area contributed by atoms with Gasteiger partial charge in [-0.3, -0.25) is 0 Å². The molecule has 15 heavy (non-hydrogen) atoms. The smallest absolute Gasteiger partial charge is 0.0907 e. The van der Waals surface area contributed by atoms with Crippen molar-refractivity contribution in [2.45, 2.75) is 20.8 Å². The summed E-state index contributed by atoms with van der Waals surface area (Å²) in [4.78, 5) is 6.14. The third kappa shape index (κ3) is 5.43. The van der Waals surface area contributed by atoms with Gasteiger partial charge in [-0.2, -0.15) is 0 Å². The summed E-state index contributed by atoms with van der Waals surface area (Å²) in [5.74, 6) is 0. The van der Waals surface area contributed by atoms with Crippen LogP contribution < -0.4 is 0 Å². The Bertz CT molecular complexity index is 319. The van der Waals surface area contributed by atoms with Crippen LogP contribution in [0.2, 0.25) is 5.02 Å². The molecule has 1 aromatic carbocycles. The molecule has 2 nitrogen and oxygen atoms in total. The molecule has 0 aromatic heterocycles. The van der Waals surface area contributed by atoms with Crippen molar-refractivity contribution >= 4 is 23.6 Å². The van der Waals surface area contributed by atoms with E-state index in [9.17, 15) is 0 Å². The fourth-order valence-corrected chi connectivity index (χ4v) is 1.01. The second kappa shape index (κ2) is 7.30. The molecular weight excluding hydrogens is 208 g/mol. The molecule has 1 rings (SSSR count). The van der Waals surface area contributed by atoms with Gasteiger partial charge in [-0.15, -0.1) is 0 Å². The maximum Gasteiger partial charge on any atom is 0.0907 e. The lowest BCUT2D eigenvalue weighted by Crippen LogP contribution is -2.06. The van der Waals surface area contributed by atoms with E-state index >= 15 is 0 Å². The summed E-state index contributed by atoms with van der Waals surface area (Å²) in [5, 5.41) is 0.781. The van der Waals surface area contributed by atoms with E-state index in [1.807, 2.05) is 58.0 Å². The van der Waals surface area contributed by atoms with Gasteiger partial charge in [0.15, 0.2) is 0 Å². The van der Waals surface area contributed by atoms with Gasteiger partial charge in [0.2, 0.25) is 0 Å². The van der Waals surface area contributed by atoms with Crippen LogP contribution >= 0.6 is 11.6 Å². The van der Waals surface area contributed by atoms with Gasteiger partial charge in [0.05, 0.1) is 12.0 Å². The molecule has 0 spiro atoms. The van der Waals surface area contributed by atoms with Crippen molar-refractivity contribution in [3.63, 3.8) is 0 Å². The third-order valence-electron chi connectivity index (χ3n) is 1.58.